The van der Waals surface area contributed by atoms with Crippen molar-refractivity contribution in [1.29, 1.82) is 0 Å². The Morgan fingerprint density at radius 3 is 2.62 bits per heavy atom. The predicted octanol–water partition coefficient (Wildman–Crippen LogP) is 2.17. The van der Waals surface area contributed by atoms with Gasteiger partial charge in [0.05, 0.1) is 5.69 Å². The van der Waals surface area contributed by atoms with Gasteiger partial charge in [-0.25, -0.2) is 0 Å². The second kappa shape index (κ2) is 6.77. The number of rotatable bonds is 3. The Hall–Kier alpha value is -3.61. The molecule has 0 spiro atoms. The number of aromatic amines is 1. The molecule has 0 saturated heterocycles. The first-order valence-corrected chi connectivity index (χ1v) is 9.70. The molecule has 3 heterocycles. The van der Waals surface area contributed by atoms with Crippen molar-refractivity contribution in [2.75, 3.05) is 11.6 Å². The number of carbonyl (C=O) groups excluding carboxylic acids is 2. The average Bonchev–Trinajstić information content (AvgIpc) is 3.36. The number of carbonyl (C=O) groups is 2. The van der Waals surface area contributed by atoms with Gasteiger partial charge in [-0.2, -0.15) is 5.10 Å². The van der Waals surface area contributed by atoms with Gasteiger partial charge in [0, 0.05) is 48.1 Å². The second-order valence-corrected chi connectivity index (χ2v) is 7.45. The third-order valence-corrected chi connectivity index (χ3v) is 5.68. The topological polar surface area (TPSA) is 94.8 Å². The number of hydrogen-bond donors (Lipinski definition) is 2. The van der Waals surface area contributed by atoms with Crippen LogP contribution in [0.4, 0.5) is 5.69 Å². The van der Waals surface area contributed by atoms with E-state index in [1.807, 2.05) is 47.4 Å². The van der Waals surface area contributed by atoms with Gasteiger partial charge in [0.15, 0.2) is 0 Å². The minimum absolute atomic E-state index is 0.134. The molecule has 7 heteroatoms. The fraction of sp³-hybridized carbons (Fsp3) is 0.227. The number of nitrogens with zero attached hydrogens (tertiary/aromatic N) is 3. The molecule has 0 aliphatic carbocycles. The summed E-state index contributed by atoms with van der Waals surface area (Å²) < 4.78 is 0. The van der Waals surface area contributed by atoms with Crippen molar-refractivity contribution in [3.63, 3.8) is 0 Å². The summed E-state index contributed by atoms with van der Waals surface area (Å²) in [6, 6.07) is 16.8. The van der Waals surface area contributed by atoms with E-state index >= 15 is 0 Å². The number of amides is 2. The molecule has 5 rings (SSSR count). The highest BCUT2D eigenvalue weighted by Crippen LogP contribution is 2.29. The van der Waals surface area contributed by atoms with Crippen molar-refractivity contribution < 1.29 is 9.59 Å². The molecule has 3 aromatic rings. The Balaban J connectivity index is 1.42. The SMILES string of the molecule is NC(=O)[C@@H]1CC(C(=O)N2CCc3[nH]c4ccccc4c3C2)=NN1c1ccccc1. The van der Waals surface area contributed by atoms with Crippen molar-refractivity contribution >= 4 is 34.1 Å². The summed E-state index contributed by atoms with van der Waals surface area (Å²) in [5.74, 6) is -0.622. The Labute approximate surface area is 167 Å². The van der Waals surface area contributed by atoms with Crippen molar-refractivity contribution in [1.82, 2.24) is 9.88 Å². The Bertz CT molecular complexity index is 1130. The number of fused-ring (bicyclic) bond motifs is 3. The zero-order chi connectivity index (χ0) is 20.0. The zero-order valence-electron chi connectivity index (χ0n) is 15.8. The minimum Gasteiger partial charge on any atom is -0.368 e. The molecule has 3 N–H and O–H groups in total. The van der Waals surface area contributed by atoms with E-state index in [1.165, 1.54) is 5.69 Å². The molecule has 0 radical (unpaired) electrons. The Kier molecular flexibility index (Phi) is 4.08. The van der Waals surface area contributed by atoms with E-state index in [0.717, 1.165) is 28.6 Å². The molecule has 29 heavy (non-hydrogen) atoms. The van der Waals surface area contributed by atoms with E-state index < -0.39 is 11.9 Å². The maximum atomic E-state index is 13.2. The van der Waals surface area contributed by atoms with Gasteiger partial charge in [0.1, 0.15) is 11.8 Å². The quantitative estimate of drug-likeness (QED) is 0.721. The van der Waals surface area contributed by atoms with Crippen molar-refractivity contribution in [2.24, 2.45) is 10.8 Å². The van der Waals surface area contributed by atoms with Crippen LogP contribution in [-0.2, 0) is 22.6 Å². The lowest BCUT2D eigenvalue weighted by Crippen LogP contribution is -2.41. The number of anilines is 1. The smallest absolute Gasteiger partial charge is 0.270 e. The number of primary amides is 1. The maximum Gasteiger partial charge on any atom is 0.270 e. The van der Waals surface area contributed by atoms with Crippen LogP contribution in [0, 0.1) is 0 Å². The van der Waals surface area contributed by atoms with E-state index in [9.17, 15) is 9.59 Å². The standard InChI is InChI=1S/C22H21N5O2/c23-21(28)20-12-19(25-27(20)14-6-2-1-3-7-14)22(29)26-11-10-18-16(13-26)15-8-4-5-9-17(15)24-18/h1-9,20,24H,10-13H2,(H2,23,28)/t20-/m0/s1. The third kappa shape index (κ3) is 2.95. The number of benzene rings is 2. The number of para-hydroxylation sites is 2. The summed E-state index contributed by atoms with van der Waals surface area (Å²) in [5, 5.41) is 7.21. The van der Waals surface area contributed by atoms with Crippen LogP contribution in [0.5, 0.6) is 0 Å². The van der Waals surface area contributed by atoms with Gasteiger partial charge in [-0.15, -0.1) is 0 Å². The molecule has 146 valence electrons. The van der Waals surface area contributed by atoms with Crippen LogP contribution in [0.2, 0.25) is 0 Å². The van der Waals surface area contributed by atoms with Crippen LogP contribution in [0.1, 0.15) is 17.7 Å². The molecule has 0 saturated carbocycles. The number of hydrazone groups is 1. The Morgan fingerprint density at radius 1 is 1.07 bits per heavy atom. The molecule has 2 aromatic carbocycles. The van der Waals surface area contributed by atoms with E-state index in [-0.39, 0.29) is 12.3 Å². The fourth-order valence-corrected chi connectivity index (χ4v) is 4.20. The molecule has 2 amide bonds. The van der Waals surface area contributed by atoms with Crippen molar-refractivity contribution in [3.05, 3.63) is 65.9 Å². The zero-order valence-corrected chi connectivity index (χ0v) is 15.8. The molecule has 0 bridgehead atoms. The van der Waals surface area contributed by atoms with Crippen molar-refractivity contribution in [2.45, 2.75) is 25.4 Å². The molecule has 1 aromatic heterocycles. The monoisotopic (exact) mass is 387 g/mol. The second-order valence-electron chi connectivity index (χ2n) is 7.45. The highest BCUT2D eigenvalue weighted by atomic mass is 16.2. The van der Waals surface area contributed by atoms with Crippen LogP contribution < -0.4 is 10.7 Å². The summed E-state index contributed by atoms with van der Waals surface area (Å²) in [5.41, 5.74) is 10.2. The molecular weight excluding hydrogens is 366 g/mol. The van der Waals surface area contributed by atoms with Crippen LogP contribution >= 0.6 is 0 Å². The third-order valence-electron chi connectivity index (χ3n) is 5.68. The lowest BCUT2D eigenvalue weighted by molar-refractivity contribution is -0.125. The molecular formula is C22H21N5O2. The lowest BCUT2D eigenvalue weighted by Gasteiger charge is -2.27. The van der Waals surface area contributed by atoms with E-state index in [0.29, 0.717) is 18.8 Å². The van der Waals surface area contributed by atoms with Crippen LogP contribution in [0.25, 0.3) is 10.9 Å². The number of aromatic nitrogens is 1. The first-order chi connectivity index (χ1) is 14.1. The summed E-state index contributed by atoms with van der Waals surface area (Å²) in [4.78, 5) is 30.5. The molecule has 2 aliphatic rings. The normalized spacial score (nSPS) is 18.6. The Morgan fingerprint density at radius 2 is 1.83 bits per heavy atom. The molecule has 2 aliphatic heterocycles. The number of nitrogens with one attached hydrogen (secondary N) is 1. The summed E-state index contributed by atoms with van der Waals surface area (Å²) in [6.45, 7) is 1.15. The van der Waals surface area contributed by atoms with Crippen LogP contribution in [-0.4, -0.2) is 40.0 Å². The molecule has 7 nitrogen and oxygen atoms in total. The molecule has 0 unspecified atom stereocenters. The van der Waals surface area contributed by atoms with Gasteiger partial charge >= 0.3 is 0 Å². The van der Waals surface area contributed by atoms with E-state index in [2.05, 4.69) is 22.2 Å². The summed E-state index contributed by atoms with van der Waals surface area (Å²) in [7, 11) is 0. The number of H-pyrrole nitrogens is 1. The first-order valence-electron chi connectivity index (χ1n) is 9.70. The first kappa shape index (κ1) is 17.5. The minimum atomic E-state index is -0.648. The fourth-order valence-electron chi connectivity index (χ4n) is 4.20. The predicted molar refractivity (Wildman–Crippen MR) is 111 cm³/mol. The molecule has 1 atom stereocenters. The van der Waals surface area contributed by atoms with Gasteiger partial charge in [0.2, 0.25) is 5.91 Å². The molecule has 0 fully saturated rings. The van der Waals surface area contributed by atoms with Crippen molar-refractivity contribution in [3.8, 4) is 0 Å². The van der Waals surface area contributed by atoms with Gasteiger partial charge < -0.3 is 15.6 Å². The van der Waals surface area contributed by atoms with Gasteiger partial charge in [-0.05, 0) is 18.2 Å². The highest BCUT2D eigenvalue weighted by molar-refractivity contribution is 6.40. The maximum absolute atomic E-state index is 13.2. The lowest BCUT2D eigenvalue weighted by atomic mass is 10.0. The van der Waals surface area contributed by atoms with Crippen LogP contribution in [0.3, 0.4) is 0 Å². The number of hydrogen-bond acceptors (Lipinski definition) is 4. The van der Waals surface area contributed by atoms with Gasteiger partial charge in [0.25, 0.3) is 5.91 Å². The highest BCUT2D eigenvalue weighted by Gasteiger charge is 2.37. The van der Waals surface area contributed by atoms with E-state index in [4.69, 9.17) is 5.73 Å². The van der Waals surface area contributed by atoms with E-state index in [1.54, 1.807) is 5.01 Å². The summed E-state index contributed by atoms with van der Waals surface area (Å²) >= 11 is 0. The van der Waals surface area contributed by atoms with Crippen LogP contribution in [0.15, 0.2) is 59.7 Å². The summed E-state index contributed by atoms with van der Waals surface area (Å²) in [6.07, 6.45) is 0.991. The van der Waals surface area contributed by atoms with Gasteiger partial charge in [-0.3, -0.25) is 14.6 Å². The largest absolute Gasteiger partial charge is 0.368 e. The van der Waals surface area contributed by atoms with Gasteiger partial charge in [-0.1, -0.05) is 36.4 Å². The average molecular weight is 387 g/mol. The number of nitrogens with two attached hydrogens (primary N) is 1.